The molecular formula is C13H16O4. The first-order valence-electron chi connectivity index (χ1n) is 5.52. The highest BCUT2D eigenvalue weighted by atomic mass is 16.6. The normalized spacial score (nSPS) is 30.0. The Labute approximate surface area is 100 Å². The number of fused-ring (bicyclic) bond motifs is 1. The summed E-state index contributed by atoms with van der Waals surface area (Å²) >= 11 is 0. The van der Waals surface area contributed by atoms with Crippen molar-refractivity contribution in [3.05, 3.63) is 23.8 Å². The molecule has 0 aromatic heterocycles. The molecule has 0 aromatic rings. The topological polar surface area (TPSA) is 52.6 Å². The molecule has 0 aromatic carbocycles. The Hall–Kier alpha value is -1.58. The molecular weight excluding hydrogens is 220 g/mol. The molecule has 4 heteroatoms. The maximum Gasteiger partial charge on any atom is 0.325 e. The van der Waals surface area contributed by atoms with Crippen molar-refractivity contribution in [1.82, 2.24) is 0 Å². The average molecular weight is 236 g/mol. The van der Waals surface area contributed by atoms with Crippen molar-refractivity contribution in [3.63, 3.8) is 0 Å². The summed E-state index contributed by atoms with van der Waals surface area (Å²) in [5.41, 5.74) is -0.271. The molecule has 0 saturated carbocycles. The summed E-state index contributed by atoms with van der Waals surface area (Å²) in [6.07, 6.45) is 1.75. The highest BCUT2D eigenvalue weighted by Crippen LogP contribution is 2.42. The van der Waals surface area contributed by atoms with Gasteiger partial charge < -0.3 is 9.47 Å². The lowest BCUT2D eigenvalue weighted by molar-refractivity contribution is -0.163. The van der Waals surface area contributed by atoms with Gasteiger partial charge in [0.05, 0.1) is 0 Å². The third kappa shape index (κ3) is 1.68. The molecule has 2 rings (SSSR count). The van der Waals surface area contributed by atoms with Crippen LogP contribution in [0, 0.1) is 5.92 Å². The van der Waals surface area contributed by atoms with E-state index in [1.807, 2.05) is 0 Å². The predicted octanol–water partition coefficient (Wildman–Crippen LogP) is 1.76. The van der Waals surface area contributed by atoms with Gasteiger partial charge in [-0.05, 0) is 38.8 Å². The third-order valence-corrected chi connectivity index (χ3v) is 3.29. The van der Waals surface area contributed by atoms with Crippen LogP contribution in [0.15, 0.2) is 23.8 Å². The van der Waals surface area contributed by atoms with Gasteiger partial charge >= 0.3 is 11.9 Å². The van der Waals surface area contributed by atoms with Crippen molar-refractivity contribution in [2.45, 2.75) is 38.9 Å². The van der Waals surface area contributed by atoms with E-state index < -0.39 is 29.1 Å². The lowest BCUT2D eigenvalue weighted by Crippen LogP contribution is -2.32. The van der Waals surface area contributed by atoms with Gasteiger partial charge in [-0.1, -0.05) is 12.7 Å². The van der Waals surface area contributed by atoms with Gasteiger partial charge in [-0.25, -0.2) is 0 Å². The van der Waals surface area contributed by atoms with E-state index in [4.69, 9.17) is 9.47 Å². The molecule has 1 fully saturated rings. The number of hydrogen-bond acceptors (Lipinski definition) is 4. The smallest absolute Gasteiger partial charge is 0.325 e. The second-order valence-electron chi connectivity index (χ2n) is 5.42. The van der Waals surface area contributed by atoms with E-state index in [2.05, 4.69) is 6.58 Å². The molecule has 0 spiro atoms. The van der Waals surface area contributed by atoms with Crippen molar-refractivity contribution in [2.24, 2.45) is 5.92 Å². The number of esters is 2. The maximum absolute atomic E-state index is 12.0. The Morgan fingerprint density at radius 2 is 1.53 bits per heavy atom. The van der Waals surface area contributed by atoms with Crippen molar-refractivity contribution >= 4 is 11.9 Å². The number of hydrogen-bond donors (Lipinski definition) is 0. The van der Waals surface area contributed by atoms with Crippen molar-refractivity contribution in [3.8, 4) is 0 Å². The Morgan fingerprint density at radius 3 is 2.06 bits per heavy atom. The quantitative estimate of drug-likeness (QED) is 0.475. The Kier molecular flexibility index (Phi) is 2.25. The molecule has 0 aliphatic carbocycles. The standard InChI is InChI=1S/C13H16O4/c1-7-6-8-9(10(14)16-12(7,2)3)11(15)17-13(8,4)5/h6,9H,1H2,2-5H3. The minimum atomic E-state index is -0.941. The zero-order chi connectivity index (χ0) is 13.0. The molecule has 0 N–H and O–H groups in total. The number of ether oxygens (including phenoxy) is 2. The van der Waals surface area contributed by atoms with Gasteiger partial charge in [0.15, 0.2) is 5.92 Å². The molecule has 4 nitrogen and oxygen atoms in total. The van der Waals surface area contributed by atoms with E-state index in [0.717, 1.165) is 0 Å². The van der Waals surface area contributed by atoms with Crippen molar-refractivity contribution in [2.75, 3.05) is 0 Å². The molecule has 0 bridgehead atoms. The first kappa shape index (κ1) is 11.9. The van der Waals surface area contributed by atoms with Gasteiger partial charge in [-0.2, -0.15) is 0 Å². The van der Waals surface area contributed by atoms with E-state index in [-0.39, 0.29) is 0 Å². The second kappa shape index (κ2) is 3.22. The summed E-state index contributed by atoms with van der Waals surface area (Å²) in [6, 6.07) is 0. The van der Waals surface area contributed by atoms with Crippen LogP contribution in [0.3, 0.4) is 0 Å². The van der Waals surface area contributed by atoms with E-state index in [1.165, 1.54) is 0 Å². The van der Waals surface area contributed by atoms with Gasteiger partial charge in [-0.15, -0.1) is 0 Å². The van der Waals surface area contributed by atoms with Gasteiger partial charge in [0.2, 0.25) is 0 Å². The minimum Gasteiger partial charge on any atom is -0.454 e. The fraction of sp³-hybridized carbons (Fsp3) is 0.538. The first-order valence-corrected chi connectivity index (χ1v) is 5.52. The van der Waals surface area contributed by atoms with Gasteiger partial charge in [-0.3, -0.25) is 9.59 Å². The van der Waals surface area contributed by atoms with Crippen LogP contribution in [-0.2, 0) is 19.1 Å². The van der Waals surface area contributed by atoms with Gasteiger partial charge in [0.1, 0.15) is 11.2 Å². The highest BCUT2D eigenvalue weighted by Gasteiger charge is 2.52. The highest BCUT2D eigenvalue weighted by molar-refractivity contribution is 6.01. The largest absolute Gasteiger partial charge is 0.454 e. The SMILES string of the molecule is C=C1C=C2C(C(=O)OC1(C)C)C(=O)OC2(C)C. The number of cyclic esters (lactones) is 2. The molecule has 2 aliphatic rings. The van der Waals surface area contributed by atoms with Crippen molar-refractivity contribution in [1.29, 1.82) is 0 Å². The van der Waals surface area contributed by atoms with E-state index in [9.17, 15) is 9.59 Å². The van der Waals surface area contributed by atoms with Crippen LogP contribution in [0.25, 0.3) is 0 Å². The number of carbonyl (C=O) groups excluding carboxylic acids is 2. The first-order chi connectivity index (χ1) is 7.65. The molecule has 1 saturated heterocycles. The van der Waals surface area contributed by atoms with Crippen LogP contribution in [0.5, 0.6) is 0 Å². The monoisotopic (exact) mass is 236 g/mol. The lowest BCUT2D eigenvalue weighted by atomic mass is 9.87. The summed E-state index contributed by atoms with van der Waals surface area (Å²) < 4.78 is 10.5. The van der Waals surface area contributed by atoms with Crippen LogP contribution < -0.4 is 0 Å². The van der Waals surface area contributed by atoms with Gasteiger partial charge in [0, 0.05) is 0 Å². The molecule has 1 unspecified atom stereocenters. The summed E-state index contributed by atoms with van der Waals surface area (Å²) in [5.74, 6) is -2.05. The summed E-state index contributed by atoms with van der Waals surface area (Å²) in [4.78, 5) is 23.7. The Balaban J connectivity index is 2.57. The predicted molar refractivity (Wildman–Crippen MR) is 61.1 cm³/mol. The molecule has 17 heavy (non-hydrogen) atoms. The van der Waals surface area contributed by atoms with Gasteiger partial charge in [0.25, 0.3) is 0 Å². The molecule has 0 amide bonds. The van der Waals surface area contributed by atoms with E-state index in [0.29, 0.717) is 11.1 Å². The molecule has 92 valence electrons. The molecule has 2 aliphatic heterocycles. The third-order valence-electron chi connectivity index (χ3n) is 3.29. The summed E-state index contributed by atoms with van der Waals surface area (Å²) in [5, 5.41) is 0. The van der Waals surface area contributed by atoms with Crippen LogP contribution in [0.1, 0.15) is 27.7 Å². The average Bonchev–Trinajstić information content (AvgIpc) is 2.29. The number of carbonyl (C=O) groups is 2. The Morgan fingerprint density at radius 1 is 1.06 bits per heavy atom. The van der Waals surface area contributed by atoms with Crippen LogP contribution in [0.4, 0.5) is 0 Å². The van der Waals surface area contributed by atoms with Crippen molar-refractivity contribution < 1.29 is 19.1 Å². The second-order valence-corrected chi connectivity index (χ2v) is 5.42. The van der Waals surface area contributed by atoms with Crippen LogP contribution in [0.2, 0.25) is 0 Å². The fourth-order valence-electron chi connectivity index (χ4n) is 2.06. The molecule has 2 heterocycles. The molecule has 0 radical (unpaired) electrons. The van der Waals surface area contributed by atoms with E-state index >= 15 is 0 Å². The Bertz CT molecular complexity index is 454. The minimum absolute atomic E-state index is 0.545. The van der Waals surface area contributed by atoms with Crippen LogP contribution in [-0.4, -0.2) is 23.1 Å². The summed E-state index contributed by atoms with van der Waals surface area (Å²) in [6.45, 7) is 10.9. The fourth-order valence-corrected chi connectivity index (χ4v) is 2.06. The number of rotatable bonds is 0. The lowest BCUT2D eigenvalue weighted by Gasteiger charge is -2.24. The zero-order valence-corrected chi connectivity index (χ0v) is 10.5. The van der Waals surface area contributed by atoms with Crippen LogP contribution >= 0.6 is 0 Å². The zero-order valence-electron chi connectivity index (χ0n) is 10.5. The van der Waals surface area contributed by atoms with E-state index in [1.54, 1.807) is 33.8 Å². The molecule has 1 atom stereocenters. The maximum atomic E-state index is 12.0. The summed E-state index contributed by atoms with van der Waals surface area (Å²) in [7, 11) is 0.